The lowest BCUT2D eigenvalue weighted by atomic mass is 9.65. The van der Waals surface area contributed by atoms with Gasteiger partial charge in [-0.05, 0) is 17.3 Å². The second kappa shape index (κ2) is 6.89. The Kier molecular flexibility index (Phi) is 5.52. The molecule has 1 unspecified atom stereocenters. The van der Waals surface area contributed by atoms with Gasteiger partial charge in [0.25, 0.3) is 0 Å². The van der Waals surface area contributed by atoms with Gasteiger partial charge in [-0.2, -0.15) is 0 Å². The van der Waals surface area contributed by atoms with Crippen molar-refractivity contribution in [2.45, 2.75) is 47.5 Å². The molecule has 0 aromatic heterocycles. The summed E-state index contributed by atoms with van der Waals surface area (Å²) in [5, 5.41) is 0. The van der Waals surface area contributed by atoms with E-state index in [1.807, 2.05) is 0 Å². The topological polar surface area (TPSA) is 49.6 Å². The Morgan fingerprint density at radius 3 is 2.22 bits per heavy atom. The number of carbonyl (C=O) groups excluding carboxylic acids is 2. The van der Waals surface area contributed by atoms with Gasteiger partial charge in [0.15, 0.2) is 0 Å². The zero-order valence-corrected chi connectivity index (χ0v) is 15.4. The number of ether oxygens (including phenoxy) is 1. The highest BCUT2D eigenvalue weighted by Crippen LogP contribution is 2.44. The molecule has 0 aromatic carbocycles. The summed E-state index contributed by atoms with van der Waals surface area (Å²) in [5.74, 6) is -0.226. The average molecular weight is 324 g/mol. The molecule has 2 fully saturated rings. The number of carbonyl (C=O) groups is 2. The largest absolute Gasteiger partial charge is 0.378 e. The van der Waals surface area contributed by atoms with Crippen molar-refractivity contribution in [3.63, 3.8) is 0 Å². The Labute approximate surface area is 140 Å². The Morgan fingerprint density at radius 2 is 1.65 bits per heavy atom. The lowest BCUT2D eigenvalue weighted by molar-refractivity contribution is -0.140. The molecule has 0 N–H and O–H groups in total. The van der Waals surface area contributed by atoms with Crippen LogP contribution in [0.3, 0.4) is 0 Å². The summed E-state index contributed by atoms with van der Waals surface area (Å²) >= 11 is 0. The van der Waals surface area contributed by atoms with Crippen LogP contribution in [-0.2, 0) is 14.3 Å². The van der Waals surface area contributed by atoms with Crippen molar-refractivity contribution in [2.75, 3.05) is 39.4 Å². The van der Waals surface area contributed by atoms with Crippen molar-refractivity contribution in [1.29, 1.82) is 0 Å². The first kappa shape index (κ1) is 18.4. The van der Waals surface area contributed by atoms with Crippen molar-refractivity contribution < 1.29 is 14.3 Å². The third-order valence-electron chi connectivity index (χ3n) is 5.68. The van der Waals surface area contributed by atoms with E-state index < -0.39 is 0 Å². The number of nitrogens with zero attached hydrogens (tertiary/aromatic N) is 2. The zero-order chi connectivity index (χ0) is 17.3. The number of amides is 2. The minimum Gasteiger partial charge on any atom is -0.378 e. The summed E-state index contributed by atoms with van der Waals surface area (Å²) in [5.41, 5.74) is 0.115. The van der Waals surface area contributed by atoms with Crippen molar-refractivity contribution in [3.05, 3.63) is 0 Å². The highest BCUT2D eigenvalue weighted by atomic mass is 16.5. The van der Waals surface area contributed by atoms with Crippen LogP contribution < -0.4 is 0 Å². The monoisotopic (exact) mass is 324 g/mol. The minimum atomic E-state index is -0.172. The van der Waals surface area contributed by atoms with Crippen LogP contribution in [0.15, 0.2) is 0 Å². The van der Waals surface area contributed by atoms with Crippen LogP contribution in [0.5, 0.6) is 0 Å². The summed E-state index contributed by atoms with van der Waals surface area (Å²) in [7, 11) is 0. The number of hydrogen-bond acceptors (Lipinski definition) is 4. The van der Waals surface area contributed by atoms with E-state index in [0.717, 1.165) is 26.1 Å². The van der Waals surface area contributed by atoms with E-state index in [1.165, 1.54) is 4.90 Å². The highest BCUT2D eigenvalue weighted by molar-refractivity contribution is 6.03. The first-order chi connectivity index (χ1) is 10.6. The van der Waals surface area contributed by atoms with Crippen molar-refractivity contribution in [1.82, 2.24) is 9.80 Å². The summed E-state index contributed by atoms with van der Waals surface area (Å²) in [6, 6.07) is 0. The molecule has 1 atom stereocenters. The molecule has 5 nitrogen and oxygen atoms in total. The standard InChI is InChI=1S/C18H32N2O3/c1-17(2,3)18(4,5)13-14-12-15(21)20(16(14)22)9-11-23-10-8-19-6-7-19/h14H,6-13H2,1-5H3. The molecule has 2 aliphatic heterocycles. The molecule has 2 amide bonds. The van der Waals surface area contributed by atoms with E-state index in [1.54, 1.807) is 0 Å². The van der Waals surface area contributed by atoms with Gasteiger partial charge < -0.3 is 4.74 Å². The first-order valence-corrected chi connectivity index (χ1v) is 8.76. The normalized spacial score (nSPS) is 23.0. The van der Waals surface area contributed by atoms with Gasteiger partial charge in [-0.1, -0.05) is 34.6 Å². The van der Waals surface area contributed by atoms with Crippen LogP contribution in [0.4, 0.5) is 0 Å². The molecule has 0 radical (unpaired) electrons. The number of likely N-dealkylation sites (tertiary alicyclic amines) is 1. The maximum atomic E-state index is 12.5. The van der Waals surface area contributed by atoms with Gasteiger partial charge in [-0.15, -0.1) is 0 Å². The molecule has 0 aromatic rings. The molecule has 0 saturated carbocycles. The van der Waals surface area contributed by atoms with Crippen LogP contribution in [-0.4, -0.2) is 61.0 Å². The molecule has 2 rings (SSSR count). The smallest absolute Gasteiger partial charge is 0.232 e. The summed E-state index contributed by atoms with van der Waals surface area (Å²) in [6.45, 7) is 15.7. The van der Waals surface area contributed by atoms with E-state index in [9.17, 15) is 9.59 Å². The van der Waals surface area contributed by atoms with Crippen LogP contribution in [0.25, 0.3) is 0 Å². The first-order valence-electron chi connectivity index (χ1n) is 8.76. The molecule has 2 aliphatic rings. The molecule has 0 bridgehead atoms. The maximum absolute atomic E-state index is 12.5. The summed E-state index contributed by atoms with van der Waals surface area (Å²) in [4.78, 5) is 28.4. The number of rotatable bonds is 8. The Bertz CT molecular complexity index is 450. The van der Waals surface area contributed by atoms with Crippen LogP contribution in [0, 0.1) is 16.7 Å². The van der Waals surface area contributed by atoms with Gasteiger partial charge in [-0.25, -0.2) is 0 Å². The van der Waals surface area contributed by atoms with E-state index in [-0.39, 0.29) is 28.6 Å². The summed E-state index contributed by atoms with van der Waals surface area (Å²) in [6.07, 6.45) is 1.11. The zero-order valence-electron chi connectivity index (χ0n) is 15.4. The minimum absolute atomic E-state index is 0.0122. The van der Waals surface area contributed by atoms with Gasteiger partial charge in [-0.3, -0.25) is 19.4 Å². The van der Waals surface area contributed by atoms with E-state index >= 15 is 0 Å². The molecule has 0 spiro atoms. The van der Waals surface area contributed by atoms with Crippen molar-refractivity contribution in [2.24, 2.45) is 16.7 Å². The van der Waals surface area contributed by atoms with E-state index in [2.05, 4.69) is 39.5 Å². The quantitative estimate of drug-likeness (QED) is 0.390. The predicted octanol–water partition coefficient (Wildman–Crippen LogP) is 2.16. The fraction of sp³-hybridized carbons (Fsp3) is 0.889. The fourth-order valence-corrected chi connectivity index (χ4v) is 2.81. The maximum Gasteiger partial charge on any atom is 0.232 e. The summed E-state index contributed by atoms with van der Waals surface area (Å²) < 4.78 is 5.55. The molecule has 0 aliphatic carbocycles. The molecule has 2 saturated heterocycles. The van der Waals surface area contributed by atoms with Crippen LogP contribution in [0.2, 0.25) is 0 Å². The van der Waals surface area contributed by atoms with Crippen LogP contribution >= 0.6 is 0 Å². The lowest BCUT2D eigenvalue weighted by Gasteiger charge is -2.40. The number of imide groups is 1. The van der Waals surface area contributed by atoms with E-state index in [0.29, 0.717) is 26.2 Å². The Balaban J connectivity index is 1.79. The predicted molar refractivity (Wildman–Crippen MR) is 89.9 cm³/mol. The van der Waals surface area contributed by atoms with Crippen LogP contribution in [0.1, 0.15) is 47.5 Å². The average Bonchev–Trinajstić information content (AvgIpc) is 3.19. The van der Waals surface area contributed by atoms with Gasteiger partial charge in [0.1, 0.15) is 0 Å². The molecule has 23 heavy (non-hydrogen) atoms. The molecular weight excluding hydrogens is 292 g/mol. The van der Waals surface area contributed by atoms with E-state index in [4.69, 9.17) is 4.74 Å². The molecule has 5 heteroatoms. The lowest BCUT2D eigenvalue weighted by Crippen LogP contribution is -2.36. The van der Waals surface area contributed by atoms with Gasteiger partial charge in [0.05, 0.1) is 19.8 Å². The Morgan fingerprint density at radius 1 is 1.04 bits per heavy atom. The third-order valence-corrected chi connectivity index (χ3v) is 5.68. The SMILES string of the molecule is CC(C)(C)C(C)(C)CC1CC(=O)N(CCOCCN2CC2)C1=O. The van der Waals surface area contributed by atoms with Gasteiger partial charge >= 0.3 is 0 Å². The van der Waals surface area contributed by atoms with Gasteiger partial charge in [0, 0.05) is 32.0 Å². The molecular formula is C18H32N2O3. The molecule has 2 heterocycles. The second-order valence-corrected chi connectivity index (χ2v) is 8.58. The third kappa shape index (κ3) is 4.77. The fourth-order valence-electron chi connectivity index (χ4n) is 2.81. The van der Waals surface area contributed by atoms with Gasteiger partial charge in [0.2, 0.25) is 11.8 Å². The second-order valence-electron chi connectivity index (χ2n) is 8.58. The van der Waals surface area contributed by atoms with Crippen molar-refractivity contribution >= 4 is 11.8 Å². The number of hydrogen-bond donors (Lipinski definition) is 0. The molecule has 132 valence electrons. The van der Waals surface area contributed by atoms with Crippen molar-refractivity contribution in [3.8, 4) is 0 Å². The highest BCUT2D eigenvalue weighted by Gasteiger charge is 2.43. The Hall–Kier alpha value is -0.940.